The number of hydrogen-bond donors (Lipinski definition) is 1. The van der Waals surface area contributed by atoms with E-state index in [0.29, 0.717) is 22.8 Å². The van der Waals surface area contributed by atoms with Crippen molar-refractivity contribution in [3.8, 4) is 0 Å². The van der Waals surface area contributed by atoms with Crippen LogP contribution < -0.4 is 5.32 Å². The summed E-state index contributed by atoms with van der Waals surface area (Å²) in [7, 11) is 0. The van der Waals surface area contributed by atoms with Crippen molar-refractivity contribution in [2.45, 2.75) is 6.92 Å². The lowest BCUT2D eigenvalue weighted by Crippen LogP contribution is -2.04. The molecule has 22 heavy (non-hydrogen) atoms. The van der Waals surface area contributed by atoms with Gasteiger partial charge in [0.05, 0.1) is 16.9 Å². The molecule has 112 valence electrons. The predicted octanol–water partition coefficient (Wildman–Crippen LogP) is 4.36. The van der Waals surface area contributed by atoms with Crippen LogP contribution in [0.5, 0.6) is 0 Å². The molecule has 3 aromatic rings. The highest BCUT2D eigenvalue weighted by Crippen LogP contribution is 2.29. The lowest BCUT2D eigenvalue weighted by molar-refractivity contribution is 0.0526. The Kier molecular flexibility index (Phi) is 4.02. The van der Waals surface area contributed by atoms with Crippen LogP contribution in [-0.2, 0) is 4.74 Å². The summed E-state index contributed by atoms with van der Waals surface area (Å²) in [6, 6.07) is 11.7. The first kappa shape index (κ1) is 14.5. The van der Waals surface area contributed by atoms with Gasteiger partial charge in [0.2, 0.25) is 0 Å². The first-order valence-electron chi connectivity index (χ1n) is 6.76. The van der Waals surface area contributed by atoms with Gasteiger partial charge in [0, 0.05) is 5.69 Å². The second kappa shape index (κ2) is 6.11. The number of esters is 1. The second-order valence-corrected chi connectivity index (χ2v) is 5.56. The van der Waals surface area contributed by atoms with Gasteiger partial charge in [-0.1, -0.05) is 17.4 Å². The van der Waals surface area contributed by atoms with Gasteiger partial charge in [-0.15, -0.1) is 0 Å². The molecule has 1 heterocycles. The van der Waals surface area contributed by atoms with Gasteiger partial charge < -0.3 is 10.1 Å². The molecular weight excluding hydrogens is 303 g/mol. The second-order valence-electron chi connectivity index (χ2n) is 4.53. The van der Waals surface area contributed by atoms with Crippen molar-refractivity contribution >= 4 is 38.3 Å². The summed E-state index contributed by atoms with van der Waals surface area (Å²) in [5, 5.41) is 3.71. The van der Waals surface area contributed by atoms with E-state index < -0.39 is 0 Å². The highest BCUT2D eigenvalue weighted by atomic mass is 32.1. The normalized spacial score (nSPS) is 10.6. The van der Waals surface area contributed by atoms with E-state index >= 15 is 0 Å². The van der Waals surface area contributed by atoms with Crippen LogP contribution in [0.2, 0.25) is 0 Å². The summed E-state index contributed by atoms with van der Waals surface area (Å²) in [5.74, 6) is -0.685. The van der Waals surface area contributed by atoms with E-state index in [1.165, 1.54) is 17.4 Å². The Hall–Kier alpha value is -2.47. The van der Waals surface area contributed by atoms with Crippen molar-refractivity contribution in [1.82, 2.24) is 4.98 Å². The van der Waals surface area contributed by atoms with Crippen molar-refractivity contribution in [2.24, 2.45) is 0 Å². The van der Waals surface area contributed by atoms with E-state index in [4.69, 9.17) is 4.74 Å². The quantitative estimate of drug-likeness (QED) is 0.727. The van der Waals surface area contributed by atoms with Crippen LogP contribution in [0, 0.1) is 5.82 Å². The molecule has 0 saturated heterocycles. The third-order valence-electron chi connectivity index (χ3n) is 3.02. The molecule has 1 N–H and O–H groups in total. The van der Waals surface area contributed by atoms with E-state index in [0.717, 1.165) is 10.4 Å². The van der Waals surface area contributed by atoms with Crippen molar-refractivity contribution < 1.29 is 13.9 Å². The summed E-state index contributed by atoms with van der Waals surface area (Å²) < 4.78 is 19.3. The van der Waals surface area contributed by atoms with Gasteiger partial charge in [-0.25, -0.2) is 14.2 Å². The molecule has 0 spiro atoms. The molecule has 6 heteroatoms. The molecule has 0 bridgehead atoms. The van der Waals surface area contributed by atoms with Crippen LogP contribution in [-0.4, -0.2) is 17.6 Å². The Labute approximate surface area is 130 Å². The molecule has 1 aromatic heterocycles. The monoisotopic (exact) mass is 316 g/mol. The Morgan fingerprint density at radius 1 is 1.27 bits per heavy atom. The number of anilines is 2. The lowest BCUT2D eigenvalue weighted by Gasteiger charge is -2.04. The largest absolute Gasteiger partial charge is 0.462 e. The highest BCUT2D eigenvalue weighted by molar-refractivity contribution is 7.22. The van der Waals surface area contributed by atoms with Crippen LogP contribution in [0.25, 0.3) is 10.2 Å². The number of thiazole rings is 1. The maximum absolute atomic E-state index is 13.6. The SMILES string of the molecule is CCOC(=O)c1ccc(Nc2nc3c(F)cccc3s2)cc1. The highest BCUT2D eigenvalue weighted by Gasteiger charge is 2.09. The molecule has 0 aliphatic heterocycles. The van der Waals surface area contributed by atoms with Crippen molar-refractivity contribution in [2.75, 3.05) is 11.9 Å². The predicted molar refractivity (Wildman–Crippen MR) is 85.3 cm³/mol. The minimum atomic E-state index is -0.351. The summed E-state index contributed by atoms with van der Waals surface area (Å²) in [4.78, 5) is 15.8. The van der Waals surface area contributed by atoms with E-state index in [9.17, 15) is 9.18 Å². The minimum absolute atomic E-state index is 0.334. The fourth-order valence-corrected chi connectivity index (χ4v) is 2.90. The Morgan fingerprint density at radius 3 is 2.73 bits per heavy atom. The number of rotatable bonds is 4. The van der Waals surface area contributed by atoms with Gasteiger partial charge in [-0.2, -0.15) is 0 Å². The fraction of sp³-hybridized carbons (Fsp3) is 0.125. The molecule has 0 fully saturated rings. The van der Waals surface area contributed by atoms with Gasteiger partial charge >= 0.3 is 5.97 Å². The smallest absolute Gasteiger partial charge is 0.338 e. The summed E-state index contributed by atoms with van der Waals surface area (Å²) in [6.07, 6.45) is 0. The summed E-state index contributed by atoms with van der Waals surface area (Å²) in [5.41, 5.74) is 1.62. The fourth-order valence-electron chi connectivity index (χ4n) is 2.00. The van der Waals surface area contributed by atoms with E-state index in [1.807, 2.05) is 6.07 Å². The molecule has 0 atom stereocenters. The Balaban J connectivity index is 1.80. The average Bonchev–Trinajstić information content (AvgIpc) is 2.92. The van der Waals surface area contributed by atoms with Gasteiger partial charge in [0.1, 0.15) is 11.3 Å². The molecule has 3 rings (SSSR count). The first-order valence-corrected chi connectivity index (χ1v) is 7.58. The minimum Gasteiger partial charge on any atom is -0.462 e. The number of carbonyl (C=O) groups excluding carboxylic acids is 1. The third kappa shape index (κ3) is 2.92. The van der Waals surface area contributed by atoms with Crippen LogP contribution in [0.15, 0.2) is 42.5 Å². The average molecular weight is 316 g/mol. The van der Waals surface area contributed by atoms with Crippen LogP contribution in [0.4, 0.5) is 15.2 Å². The molecule has 0 amide bonds. The summed E-state index contributed by atoms with van der Waals surface area (Å²) in [6.45, 7) is 2.11. The van der Waals surface area contributed by atoms with Crippen LogP contribution in [0.1, 0.15) is 17.3 Å². The number of halogens is 1. The molecule has 0 unspecified atom stereocenters. The lowest BCUT2D eigenvalue weighted by atomic mass is 10.2. The number of nitrogens with zero attached hydrogens (tertiary/aromatic N) is 1. The number of aromatic nitrogens is 1. The van der Waals surface area contributed by atoms with E-state index in [1.54, 1.807) is 37.3 Å². The topological polar surface area (TPSA) is 51.2 Å². The van der Waals surface area contributed by atoms with E-state index in [-0.39, 0.29) is 11.8 Å². The number of benzene rings is 2. The maximum Gasteiger partial charge on any atom is 0.338 e. The maximum atomic E-state index is 13.6. The zero-order valence-electron chi connectivity index (χ0n) is 11.8. The number of carbonyl (C=O) groups is 1. The molecule has 0 aliphatic rings. The van der Waals surface area contributed by atoms with Gasteiger partial charge in [0.25, 0.3) is 0 Å². The van der Waals surface area contributed by atoms with Crippen molar-refractivity contribution in [3.63, 3.8) is 0 Å². The molecule has 0 aliphatic carbocycles. The van der Waals surface area contributed by atoms with Crippen molar-refractivity contribution in [1.29, 1.82) is 0 Å². The molecule has 0 saturated carbocycles. The number of ether oxygens (including phenoxy) is 1. The number of hydrogen-bond acceptors (Lipinski definition) is 5. The number of para-hydroxylation sites is 1. The van der Waals surface area contributed by atoms with Gasteiger partial charge in [0.15, 0.2) is 5.13 Å². The van der Waals surface area contributed by atoms with Crippen LogP contribution in [0.3, 0.4) is 0 Å². The Morgan fingerprint density at radius 2 is 2.05 bits per heavy atom. The van der Waals surface area contributed by atoms with Gasteiger partial charge in [-0.3, -0.25) is 0 Å². The van der Waals surface area contributed by atoms with E-state index in [2.05, 4.69) is 10.3 Å². The Bertz CT molecular complexity index is 815. The zero-order valence-corrected chi connectivity index (χ0v) is 12.6. The van der Waals surface area contributed by atoms with Crippen molar-refractivity contribution in [3.05, 3.63) is 53.8 Å². The molecular formula is C16H13FN2O2S. The molecule has 2 aromatic carbocycles. The summed E-state index contributed by atoms with van der Waals surface area (Å²) >= 11 is 1.37. The third-order valence-corrected chi connectivity index (χ3v) is 3.95. The molecule has 0 radical (unpaired) electrons. The van der Waals surface area contributed by atoms with Crippen LogP contribution >= 0.6 is 11.3 Å². The first-order chi connectivity index (χ1) is 10.7. The zero-order chi connectivity index (χ0) is 15.5. The number of nitrogens with one attached hydrogen (secondary N) is 1. The molecule has 4 nitrogen and oxygen atoms in total. The standard InChI is InChI=1S/C16H13FN2O2S/c1-2-21-15(20)10-6-8-11(9-7-10)18-16-19-14-12(17)4-3-5-13(14)22-16/h3-9H,2H2,1H3,(H,18,19). The van der Waals surface area contributed by atoms with Gasteiger partial charge in [-0.05, 0) is 43.3 Å². The number of fused-ring (bicyclic) bond motifs is 1.